The Labute approximate surface area is 226 Å². The second-order valence-electron chi connectivity index (χ2n) is 8.32. The number of rotatable bonds is 8. The fraction of sp³-hybridized carbons (Fsp3) is 0.0667. The highest BCUT2D eigenvalue weighted by molar-refractivity contribution is 9.10. The Morgan fingerprint density at radius 2 is 1.47 bits per heavy atom. The number of aromatic nitrogens is 2. The zero-order chi connectivity index (χ0) is 26.5. The highest BCUT2D eigenvalue weighted by atomic mass is 79.9. The van der Waals surface area contributed by atoms with E-state index in [0.29, 0.717) is 24.5 Å². The number of para-hydroxylation sites is 2. The zero-order valence-corrected chi connectivity index (χ0v) is 21.6. The van der Waals surface area contributed by atoms with Crippen molar-refractivity contribution in [2.24, 2.45) is 0 Å². The molecule has 5 nitrogen and oxygen atoms in total. The van der Waals surface area contributed by atoms with E-state index in [9.17, 15) is 13.6 Å². The molecule has 0 saturated carbocycles. The number of hydrogen-bond donors (Lipinski definition) is 0. The Hall–Kier alpha value is -4.30. The Morgan fingerprint density at radius 3 is 2.16 bits per heavy atom. The van der Waals surface area contributed by atoms with Crippen LogP contribution in [0.15, 0.2) is 102 Å². The Balaban J connectivity index is 1.49. The lowest BCUT2D eigenvalue weighted by molar-refractivity contribution is 0.0693. The molecule has 5 rings (SSSR count). The maximum atomic E-state index is 13.7. The van der Waals surface area contributed by atoms with Crippen LogP contribution in [0.25, 0.3) is 22.9 Å². The largest absolute Gasteiger partial charge is 0.492 e. The third-order valence-electron chi connectivity index (χ3n) is 5.75. The van der Waals surface area contributed by atoms with E-state index in [4.69, 9.17) is 14.5 Å². The van der Waals surface area contributed by atoms with Crippen molar-refractivity contribution in [2.45, 2.75) is 6.54 Å². The van der Waals surface area contributed by atoms with Crippen LogP contribution in [0, 0.1) is 11.6 Å². The summed E-state index contributed by atoms with van der Waals surface area (Å²) >= 11 is 3.42. The van der Waals surface area contributed by atoms with Gasteiger partial charge in [0.25, 0.3) is 0 Å². The van der Waals surface area contributed by atoms with Crippen molar-refractivity contribution in [3.8, 4) is 5.75 Å². The molecule has 0 unspecified atom stereocenters. The summed E-state index contributed by atoms with van der Waals surface area (Å²) in [5.74, 6) is -0.136. The van der Waals surface area contributed by atoms with Gasteiger partial charge >= 0.3 is 5.97 Å². The molecule has 0 aliphatic heterocycles. The van der Waals surface area contributed by atoms with E-state index in [2.05, 4.69) is 15.9 Å². The van der Waals surface area contributed by atoms with Crippen molar-refractivity contribution in [1.82, 2.24) is 9.55 Å². The maximum absolute atomic E-state index is 13.7. The van der Waals surface area contributed by atoms with Crippen LogP contribution < -0.4 is 4.74 Å². The molecule has 0 spiro atoms. The fourth-order valence-electron chi connectivity index (χ4n) is 3.87. The summed E-state index contributed by atoms with van der Waals surface area (Å²) in [6.07, 6.45) is 1.63. The van der Waals surface area contributed by atoms with Gasteiger partial charge in [-0.15, -0.1) is 0 Å². The molecule has 5 aromatic rings. The highest BCUT2D eigenvalue weighted by Crippen LogP contribution is 2.25. The monoisotopic (exact) mass is 574 g/mol. The highest BCUT2D eigenvalue weighted by Gasteiger charge is 2.16. The van der Waals surface area contributed by atoms with E-state index in [1.807, 2.05) is 53.1 Å². The molecule has 0 saturated heterocycles. The number of carbonyl (C=O) groups excluding carboxylic acids is 1. The maximum Gasteiger partial charge on any atom is 0.343 e. The van der Waals surface area contributed by atoms with Gasteiger partial charge in [-0.05, 0) is 84.9 Å². The van der Waals surface area contributed by atoms with Gasteiger partial charge in [0.15, 0.2) is 0 Å². The molecule has 0 aliphatic carbocycles. The van der Waals surface area contributed by atoms with Gasteiger partial charge in [-0.3, -0.25) is 0 Å². The van der Waals surface area contributed by atoms with Crippen LogP contribution in [-0.4, -0.2) is 22.1 Å². The number of imidazole rings is 1. The summed E-state index contributed by atoms with van der Waals surface area (Å²) < 4.78 is 41.6. The van der Waals surface area contributed by atoms with Crippen LogP contribution >= 0.6 is 15.9 Å². The molecule has 1 aromatic heterocycles. The van der Waals surface area contributed by atoms with E-state index in [1.54, 1.807) is 6.08 Å². The van der Waals surface area contributed by atoms with Crippen molar-refractivity contribution >= 4 is 44.8 Å². The minimum Gasteiger partial charge on any atom is -0.492 e. The summed E-state index contributed by atoms with van der Waals surface area (Å²) in [5, 5.41) is 0. The van der Waals surface area contributed by atoms with Crippen LogP contribution in [0.5, 0.6) is 5.75 Å². The summed E-state index contributed by atoms with van der Waals surface area (Å²) in [5.41, 5.74) is 2.29. The molecule has 8 heteroatoms. The molecule has 1 heterocycles. The van der Waals surface area contributed by atoms with Crippen LogP contribution in [0.2, 0.25) is 0 Å². The van der Waals surface area contributed by atoms with Crippen LogP contribution in [-0.2, 0) is 11.3 Å². The van der Waals surface area contributed by atoms with E-state index in [-0.39, 0.29) is 11.3 Å². The predicted molar refractivity (Wildman–Crippen MR) is 145 cm³/mol. The van der Waals surface area contributed by atoms with E-state index < -0.39 is 17.6 Å². The minimum absolute atomic E-state index is 0.171. The van der Waals surface area contributed by atoms with Gasteiger partial charge in [-0.1, -0.05) is 28.1 Å². The van der Waals surface area contributed by atoms with Crippen LogP contribution in [0.3, 0.4) is 0 Å². The minimum atomic E-state index is -0.679. The van der Waals surface area contributed by atoms with Gasteiger partial charge in [0.2, 0.25) is 0 Å². The van der Waals surface area contributed by atoms with Gasteiger partial charge in [0, 0.05) is 16.1 Å². The number of fused-ring (bicyclic) bond motifs is 1. The van der Waals surface area contributed by atoms with Crippen molar-refractivity contribution in [3.05, 3.63) is 130 Å². The normalized spacial score (nSPS) is 11.5. The molecule has 38 heavy (non-hydrogen) atoms. The van der Waals surface area contributed by atoms with Crippen molar-refractivity contribution in [3.63, 3.8) is 0 Å². The SMILES string of the molecule is O=C(O/C(=C\c1nc2ccccc2n1CCOc1ccc(Br)cc1)c1ccc(F)cc1)c1ccc(F)cc1. The first-order valence-electron chi connectivity index (χ1n) is 11.8. The van der Waals surface area contributed by atoms with Crippen molar-refractivity contribution in [1.29, 1.82) is 0 Å². The smallest absolute Gasteiger partial charge is 0.343 e. The van der Waals surface area contributed by atoms with E-state index in [1.165, 1.54) is 48.5 Å². The molecule has 0 amide bonds. The van der Waals surface area contributed by atoms with Gasteiger partial charge < -0.3 is 14.0 Å². The summed E-state index contributed by atoms with van der Waals surface area (Å²) in [4.78, 5) is 17.6. The molecular weight excluding hydrogens is 554 g/mol. The molecule has 4 aromatic carbocycles. The lowest BCUT2D eigenvalue weighted by atomic mass is 10.1. The second kappa shape index (κ2) is 11.4. The zero-order valence-electron chi connectivity index (χ0n) is 20.0. The first-order valence-corrected chi connectivity index (χ1v) is 12.5. The number of halogens is 3. The second-order valence-corrected chi connectivity index (χ2v) is 9.24. The number of ether oxygens (including phenoxy) is 2. The van der Waals surface area contributed by atoms with Gasteiger partial charge in [-0.25, -0.2) is 18.6 Å². The average molecular weight is 575 g/mol. The summed E-state index contributed by atoms with van der Waals surface area (Å²) in [7, 11) is 0. The van der Waals surface area contributed by atoms with Crippen molar-refractivity contribution < 1.29 is 23.0 Å². The van der Waals surface area contributed by atoms with E-state index in [0.717, 1.165) is 21.3 Å². The van der Waals surface area contributed by atoms with Gasteiger partial charge in [-0.2, -0.15) is 0 Å². The number of hydrogen-bond acceptors (Lipinski definition) is 4. The molecule has 0 bridgehead atoms. The third-order valence-corrected chi connectivity index (χ3v) is 6.28. The topological polar surface area (TPSA) is 53.3 Å². The molecule has 0 N–H and O–H groups in total. The lowest BCUT2D eigenvalue weighted by Gasteiger charge is -2.12. The summed E-state index contributed by atoms with van der Waals surface area (Å²) in [6.45, 7) is 0.828. The molecule has 190 valence electrons. The standard InChI is InChI=1S/C30H21BrF2N2O3/c31-22-9-15-25(16-10-22)37-18-17-35-27-4-2-1-3-26(27)34-29(35)19-28(20-5-11-23(32)12-6-20)38-30(36)21-7-13-24(33)14-8-21/h1-16,19H,17-18H2/b28-19-. The Kier molecular flexibility index (Phi) is 7.60. The number of esters is 1. The molecule has 0 fully saturated rings. The van der Waals surface area contributed by atoms with Crippen LogP contribution in [0.1, 0.15) is 21.7 Å². The van der Waals surface area contributed by atoms with Gasteiger partial charge in [0.1, 0.15) is 35.6 Å². The molecule has 0 aliphatic rings. The number of carbonyl (C=O) groups is 1. The molecular formula is C30H21BrF2N2O3. The fourth-order valence-corrected chi connectivity index (χ4v) is 4.14. The van der Waals surface area contributed by atoms with Crippen LogP contribution in [0.4, 0.5) is 8.78 Å². The van der Waals surface area contributed by atoms with Crippen molar-refractivity contribution in [2.75, 3.05) is 6.61 Å². The summed E-state index contributed by atoms with van der Waals surface area (Å²) in [6, 6.07) is 25.8. The first kappa shape index (κ1) is 25.4. The number of nitrogens with zero attached hydrogens (tertiary/aromatic N) is 2. The molecule has 0 atom stereocenters. The lowest BCUT2D eigenvalue weighted by Crippen LogP contribution is -2.10. The average Bonchev–Trinajstić information content (AvgIpc) is 3.27. The quantitative estimate of drug-likeness (QED) is 0.142. The van der Waals surface area contributed by atoms with E-state index >= 15 is 0 Å². The Morgan fingerprint density at radius 1 is 0.842 bits per heavy atom. The Bertz CT molecular complexity index is 1600. The predicted octanol–water partition coefficient (Wildman–Crippen LogP) is 7.51. The third kappa shape index (κ3) is 5.98. The molecule has 0 radical (unpaired) electrons. The van der Waals surface area contributed by atoms with Gasteiger partial charge in [0.05, 0.1) is 23.1 Å². The first-order chi connectivity index (χ1) is 18.5. The number of benzene rings is 4.